The molecule has 4 rings (SSSR count). The minimum atomic E-state index is -0.566. The maximum Gasteiger partial charge on any atom is 0.332 e. The number of carbonyl (C=O) groups excluding carboxylic acids is 1. The molecule has 1 atom stereocenters. The molecule has 152 valence electrons. The van der Waals surface area contributed by atoms with E-state index in [0.29, 0.717) is 11.6 Å². The molecule has 1 N–H and O–H groups in total. The lowest BCUT2D eigenvalue weighted by Gasteiger charge is -2.19. The minimum Gasteiger partial charge on any atom is -0.497 e. The Morgan fingerprint density at radius 2 is 1.93 bits per heavy atom. The van der Waals surface area contributed by atoms with E-state index < -0.39 is 11.2 Å². The lowest BCUT2D eigenvalue weighted by atomic mass is 10.0. The van der Waals surface area contributed by atoms with Crippen LogP contribution in [0.3, 0.4) is 0 Å². The summed E-state index contributed by atoms with van der Waals surface area (Å²) in [7, 11) is 4.82. The monoisotopic (exact) mass is 397 g/mol. The van der Waals surface area contributed by atoms with Crippen molar-refractivity contribution < 1.29 is 9.53 Å². The first-order valence-electron chi connectivity index (χ1n) is 9.45. The highest BCUT2D eigenvalue weighted by atomic mass is 16.5. The fourth-order valence-corrected chi connectivity index (χ4v) is 3.61. The van der Waals surface area contributed by atoms with Crippen LogP contribution in [0.25, 0.3) is 11.2 Å². The van der Waals surface area contributed by atoms with Gasteiger partial charge in [0.05, 0.1) is 19.5 Å². The lowest BCUT2D eigenvalue weighted by Crippen LogP contribution is -2.44. The molecule has 1 fully saturated rings. The first-order chi connectivity index (χ1) is 13.9. The standard InChI is InChI=1S/C20H23N5O4/c1-23-11-21-18-17(23)19(27)25(20(28)24(18)2)10-15(26)22-16(12-4-5-12)13-6-8-14(29-3)9-7-13/h6-9,11-12,16H,4-5,10H2,1-3H3,(H,22,26). The molecule has 1 aliphatic rings. The SMILES string of the molecule is COc1ccc(C(NC(=O)Cn2c(=O)c3c(ncn3C)n(C)c2=O)C2CC2)cc1. The smallest absolute Gasteiger partial charge is 0.332 e. The summed E-state index contributed by atoms with van der Waals surface area (Å²) in [6, 6.07) is 7.40. The average molecular weight is 397 g/mol. The largest absolute Gasteiger partial charge is 0.497 e. The third-order valence-corrected chi connectivity index (χ3v) is 5.39. The van der Waals surface area contributed by atoms with Crippen LogP contribution in [0.4, 0.5) is 0 Å². The van der Waals surface area contributed by atoms with Gasteiger partial charge in [-0.05, 0) is 36.5 Å². The van der Waals surface area contributed by atoms with Crippen LogP contribution in [0, 0.1) is 5.92 Å². The summed E-state index contributed by atoms with van der Waals surface area (Å²) in [6.45, 7) is -0.341. The van der Waals surface area contributed by atoms with Crippen LogP contribution in [-0.2, 0) is 25.4 Å². The van der Waals surface area contributed by atoms with Crippen LogP contribution >= 0.6 is 0 Å². The number of carbonyl (C=O) groups is 1. The zero-order valence-electron chi connectivity index (χ0n) is 16.6. The van der Waals surface area contributed by atoms with Crippen molar-refractivity contribution in [2.75, 3.05) is 7.11 Å². The van der Waals surface area contributed by atoms with Crippen molar-refractivity contribution in [2.24, 2.45) is 20.0 Å². The van der Waals surface area contributed by atoms with Gasteiger partial charge in [0.2, 0.25) is 5.91 Å². The van der Waals surface area contributed by atoms with Crippen molar-refractivity contribution >= 4 is 17.1 Å². The van der Waals surface area contributed by atoms with Gasteiger partial charge in [0.15, 0.2) is 11.2 Å². The molecule has 1 aliphatic carbocycles. The highest BCUT2D eigenvalue weighted by Crippen LogP contribution is 2.41. The summed E-state index contributed by atoms with van der Waals surface area (Å²) < 4.78 is 8.98. The second kappa shape index (κ2) is 7.23. The Labute approximate surface area is 166 Å². The molecule has 1 saturated carbocycles. The molecule has 9 nitrogen and oxygen atoms in total. The van der Waals surface area contributed by atoms with E-state index >= 15 is 0 Å². The first-order valence-corrected chi connectivity index (χ1v) is 9.45. The molecule has 1 unspecified atom stereocenters. The van der Waals surface area contributed by atoms with Crippen molar-refractivity contribution in [1.29, 1.82) is 0 Å². The summed E-state index contributed by atoms with van der Waals surface area (Å²) in [4.78, 5) is 42.2. The Hall–Kier alpha value is -3.36. The van der Waals surface area contributed by atoms with Gasteiger partial charge in [-0.1, -0.05) is 12.1 Å². The number of benzene rings is 1. The summed E-state index contributed by atoms with van der Waals surface area (Å²) >= 11 is 0. The van der Waals surface area contributed by atoms with E-state index in [9.17, 15) is 14.4 Å². The van der Waals surface area contributed by atoms with Crippen molar-refractivity contribution in [2.45, 2.75) is 25.4 Å². The molecule has 9 heteroatoms. The van der Waals surface area contributed by atoms with Crippen LogP contribution in [0.2, 0.25) is 0 Å². The second-order valence-corrected chi connectivity index (χ2v) is 7.42. The third-order valence-electron chi connectivity index (χ3n) is 5.39. The van der Waals surface area contributed by atoms with Gasteiger partial charge in [-0.3, -0.25) is 14.2 Å². The molecule has 0 spiro atoms. The predicted molar refractivity (Wildman–Crippen MR) is 107 cm³/mol. The highest BCUT2D eigenvalue weighted by molar-refractivity contribution is 5.77. The molecule has 1 aromatic carbocycles. The number of ether oxygens (including phenoxy) is 1. The van der Waals surface area contributed by atoms with E-state index in [1.807, 2.05) is 24.3 Å². The Morgan fingerprint density at radius 3 is 2.55 bits per heavy atom. The number of methoxy groups -OCH3 is 1. The van der Waals surface area contributed by atoms with Crippen molar-refractivity contribution in [1.82, 2.24) is 24.0 Å². The van der Waals surface area contributed by atoms with Crippen LogP contribution < -0.4 is 21.3 Å². The summed E-state index contributed by atoms with van der Waals surface area (Å²) in [5.41, 5.74) is 0.473. The molecule has 0 aliphatic heterocycles. The molecular formula is C20H23N5O4. The van der Waals surface area contributed by atoms with E-state index in [1.165, 1.54) is 17.9 Å². The minimum absolute atomic E-state index is 0.159. The summed E-state index contributed by atoms with van der Waals surface area (Å²) in [5, 5.41) is 3.00. The maximum absolute atomic E-state index is 12.8. The number of amides is 1. The molecule has 1 amide bonds. The molecule has 0 bridgehead atoms. The second-order valence-electron chi connectivity index (χ2n) is 7.42. The van der Waals surface area contributed by atoms with Crippen LogP contribution in [0.15, 0.2) is 40.2 Å². The number of fused-ring (bicyclic) bond motifs is 1. The van der Waals surface area contributed by atoms with Gasteiger partial charge in [-0.15, -0.1) is 0 Å². The molecular weight excluding hydrogens is 374 g/mol. The Bertz CT molecular complexity index is 1180. The van der Waals surface area contributed by atoms with Gasteiger partial charge in [0.25, 0.3) is 5.56 Å². The van der Waals surface area contributed by atoms with E-state index in [-0.39, 0.29) is 24.0 Å². The van der Waals surface area contributed by atoms with E-state index in [1.54, 1.807) is 18.7 Å². The van der Waals surface area contributed by atoms with E-state index in [0.717, 1.165) is 28.7 Å². The molecule has 2 aromatic heterocycles. The fraction of sp³-hybridized carbons (Fsp3) is 0.400. The van der Waals surface area contributed by atoms with E-state index in [2.05, 4.69) is 10.3 Å². The lowest BCUT2D eigenvalue weighted by molar-refractivity contribution is -0.122. The topological polar surface area (TPSA) is 100 Å². The molecule has 3 aromatic rings. The number of hydrogen-bond acceptors (Lipinski definition) is 5. The van der Waals surface area contributed by atoms with Gasteiger partial charge >= 0.3 is 5.69 Å². The van der Waals surface area contributed by atoms with E-state index in [4.69, 9.17) is 4.74 Å². The Morgan fingerprint density at radius 1 is 1.24 bits per heavy atom. The molecule has 0 saturated heterocycles. The predicted octanol–water partition coefficient (Wildman–Crippen LogP) is 0.710. The first kappa shape index (κ1) is 19.0. The summed E-state index contributed by atoms with van der Waals surface area (Å²) in [6.07, 6.45) is 3.53. The fourth-order valence-electron chi connectivity index (χ4n) is 3.61. The van der Waals surface area contributed by atoms with Crippen LogP contribution in [-0.4, -0.2) is 31.7 Å². The van der Waals surface area contributed by atoms with Crippen LogP contribution in [0.5, 0.6) is 5.75 Å². The van der Waals surface area contributed by atoms with Gasteiger partial charge < -0.3 is 14.6 Å². The van der Waals surface area contributed by atoms with Crippen molar-refractivity contribution in [3.05, 3.63) is 57.0 Å². The third kappa shape index (κ3) is 3.43. The molecule has 2 heterocycles. The highest BCUT2D eigenvalue weighted by Gasteiger charge is 2.33. The van der Waals surface area contributed by atoms with Gasteiger partial charge in [0, 0.05) is 14.1 Å². The number of rotatable bonds is 6. The normalized spacial score (nSPS) is 14.7. The zero-order valence-corrected chi connectivity index (χ0v) is 16.6. The number of hydrogen-bond donors (Lipinski definition) is 1. The van der Waals surface area contributed by atoms with Gasteiger partial charge in [-0.2, -0.15) is 0 Å². The average Bonchev–Trinajstić information content (AvgIpc) is 3.49. The number of imidazole rings is 1. The van der Waals surface area contributed by atoms with Crippen LogP contribution in [0.1, 0.15) is 24.4 Å². The number of aromatic nitrogens is 4. The molecule has 29 heavy (non-hydrogen) atoms. The Balaban J connectivity index is 1.61. The number of nitrogens with zero attached hydrogens (tertiary/aromatic N) is 4. The van der Waals surface area contributed by atoms with Crippen molar-refractivity contribution in [3.8, 4) is 5.75 Å². The maximum atomic E-state index is 12.8. The zero-order chi connectivity index (χ0) is 20.7. The Kier molecular flexibility index (Phi) is 4.73. The summed E-state index contributed by atoms with van der Waals surface area (Å²) in [5.74, 6) is 0.721. The molecule has 0 radical (unpaired) electrons. The van der Waals surface area contributed by atoms with Gasteiger partial charge in [-0.25, -0.2) is 14.3 Å². The van der Waals surface area contributed by atoms with Crippen molar-refractivity contribution in [3.63, 3.8) is 0 Å². The van der Waals surface area contributed by atoms with Gasteiger partial charge in [0.1, 0.15) is 12.3 Å². The number of nitrogens with one attached hydrogen (secondary N) is 1. The number of aryl methyl sites for hydroxylation is 2. The quantitative estimate of drug-likeness (QED) is 0.660.